The lowest BCUT2D eigenvalue weighted by molar-refractivity contribution is 0.668. The van der Waals surface area contributed by atoms with E-state index in [9.17, 15) is 0 Å². The number of thiophene rings is 1. The van der Waals surface area contributed by atoms with Gasteiger partial charge in [0.1, 0.15) is 0 Å². The van der Waals surface area contributed by atoms with E-state index in [1.807, 2.05) is 11.3 Å². The molecule has 1 atom stereocenters. The molecule has 1 aliphatic rings. The molecular formula is C16H20N2S. The van der Waals surface area contributed by atoms with Gasteiger partial charge in [-0.05, 0) is 49.3 Å². The van der Waals surface area contributed by atoms with Crippen LogP contribution in [0.1, 0.15) is 23.8 Å². The molecule has 0 amide bonds. The Bertz CT molecular complexity index is 559. The molecule has 2 nitrogen and oxygen atoms in total. The van der Waals surface area contributed by atoms with E-state index in [4.69, 9.17) is 5.73 Å². The summed E-state index contributed by atoms with van der Waals surface area (Å²) in [5.41, 5.74) is 10.1. The average molecular weight is 272 g/mol. The van der Waals surface area contributed by atoms with Gasteiger partial charge in [-0.3, -0.25) is 0 Å². The SMILES string of the molecule is CC(N)CCN1c2ccccc2CCc2sccc21. The van der Waals surface area contributed by atoms with E-state index in [1.165, 1.54) is 21.8 Å². The molecule has 1 aliphatic heterocycles. The van der Waals surface area contributed by atoms with Crippen LogP contribution >= 0.6 is 11.3 Å². The van der Waals surface area contributed by atoms with Crippen LogP contribution in [0.15, 0.2) is 35.7 Å². The monoisotopic (exact) mass is 272 g/mol. The molecule has 0 saturated carbocycles. The second kappa shape index (κ2) is 5.35. The van der Waals surface area contributed by atoms with Gasteiger partial charge in [0.05, 0.1) is 5.69 Å². The molecule has 3 heteroatoms. The normalized spacial score (nSPS) is 15.6. The molecule has 0 bridgehead atoms. The zero-order chi connectivity index (χ0) is 13.2. The molecule has 0 saturated heterocycles. The highest BCUT2D eigenvalue weighted by atomic mass is 32.1. The van der Waals surface area contributed by atoms with E-state index in [0.717, 1.165) is 25.8 Å². The summed E-state index contributed by atoms with van der Waals surface area (Å²) >= 11 is 1.87. The Morgan fingerprint density at radius 2 is 2.05 bits per heavy atom. The molecule has 1 unspecified atom stereocenters. The predicted molar refractivity (Wildman–Crippen MR) is 83.4 cm³/mol. The van der Waals surface area contributed by atoms with Gasteiger partial charge < -0.3 is 10.6 Å². The third-order valence-electron chi connectivity index (χ3n) is 3.72. The summed E-state index contributed by atoms with van der Waals surface area (Å²) < 4.78 is 0. The van der Waals surface area contributed by atoms with Crippen LogP contribution in [0.3, 0.4) is 0 Å². The van der Waals surface area contributed by atoms with Gasteiger partial charge in [-0.2, -0.15) is 0 Å². The maximum Gasteiger partial charge on any atom is 0.0552 e. The summed E-state index contributed by atoms with van der Waals surface area (Å²) in [5, 5.41) is 2.21. The van der Waals surface area contributed by atoms with Crippen molar-refractivity contribution in [1.29, 1.82) is 0 Å². The van der Waals surface area contributed by atoms with E-state index in [1.54, 1.807) is 0 Å². The second-order valence-corrected chi connectivity index (χ2v) is 6.28. The first kappa shape index (κ1) is 12.7. The maximum absolute atomic E-state index is 5.94. The number of para-hydroxylation sites is 1. The fraction of sp³-hybridized carbons (Fsp3) is 0.375. The van der Waals surface area contributed by atoms with Crippen molar-refractivity contribution < 1.29 is 0 Å². The van der Waals surface area contributed by atoms with Crippen LogP contribution in [-0.4, -0.2) is 12.6 Å². The number of nitrogens with two attached hydrogens (primary N) is 1. The fourth-order valence-electron chi connectivity index (χ4n) is 2.70. The van der Waals surface area contributed by atoms with Gasteiger partial charge in [0.25, 0.3) is 0 Å². The molecule has 100 valence electrons. The Morgan fingerprint density at radius 3 is 2.89 bits per heavy atom. The minimum Gasteiger partial charge on any atom is -0.340 e. The lowest BCUT2D eigenvalue weighted by Crippen LogP contribution is -2.25. The molecule has 1 aromatic heterocycles. The molecular weight excluding hydrogens is 252 g/mol. The number of anilines is 2. The van der Waals surface area contributed by atoms with Crippen molar-refractivity contribution in [2.75, 3.05) is 11.4 Å². The third-order valence-corrected chi connectivity index (χ3v) is 4.69. The zero-order valence-electron chi connectivity index (χ0n) is 11.3. The van der Waals surface area contributed by atoms with E-state index in [0.29, 0.717) is 0 Å². The van der Waals surface area contributed by atoms with Crippen LogP contribution in [0, 0.1) is 0 Å². The molecule has 19 heavy (non-hydrogen) atoms. The van der Waals surface area contributed by atoms with Crippen LogP contribution in [0.2, 0.25) is 0 Å². The van der Waals surface area contributed by atoms with Crippen LogP contribution in [0.25, 0.3) is 0 Å². The van der Waals surface area contributed by atoms with Crippen molar-refractivity contribution in [3.63, 3.8) is 0 Å². The van der Waals surface area contributed by atoms with E-state index >= 15 is 0 Å². The lowest BCUT2D eigenvalue weighted by Gasteiger charge is -2.26. The number of benzene rings is 1. The molecule has 0 fully saturated rings. The minimum atomic E-state index is 0.248. The fourth-order valence-corrected chi connectivity index (χ4v) is 3.58. The van der Waals surface area contributed by atoms with E-state index in [-0.39, 0.29) is 6.04 Å². The van der Waals surface area contributed by atoms with Crippen LogP contribution in [0.4, 0.5) is 11.4 Å². The molecule has 2 N–H and O–H groups in total. The Balaban J connectivity index is 2.00. The van der Waals surface area contributed by atoms with E-state index in [2.05, 4.69) is 47.5 Å². The topological polar surface area (TPSA) is 29.3 Å². The first-order valence-electron chi connectivity index (χ1n) is 6.93. The number of hydrogen-bond acceptors (Lipinski definition) is 3. The minimum absolute atomic E-state index is 0.248. The quantitative estimate of drug-likeness (QED) is 0.922. The molecule has 2 aromatic rings. The summed E-state index contributed by atoms with van der Waals surface area (Å²) in [4.78, 5) is 3.96. The first-order chi connectivity index (χ1) is 9.25. The van der Waals surface area contributed by atoms with Gasteiger partial charge in [0, 0.05) is 23.2 Å². The second-order valence-electron chi connectivity index (χ2n) is 5.28. The van der Waals surface area contributed by atoms with Gasteiger partial charge in [-0.1, -0.05) is 18.2 Å². The van der Waals surface area contributed by atoms with Gasteiger partial charge in [-0.15, -0.1) is 11.3 Å². The van der Waals surface area contributed by atoms with Gasteiger partial charge in [0.2, 0.25) is 0 Å². The highest BCUT2D eigenvalue weighted by molar-refractivity contribution is 7.10. The van der Waals surface area contributed by atoms with Gasteiger partial charge in [0.15, 0.2) is 0 Å². The van der Waals surface area contributed by atoms with Crippen LogP contribution in [0.5, 0.6) is 0 Å². The summed E-state index contributed by atoms with van der Waals surface area (Å²) in [6.45, 7) is 3.08. The summed E-state index contributed by atoms with van der Waals surface area (Å²) in [6, 6.07) is 11.3. The zero-order valence-corrected chi connectivity index (χ0v) is 12.1. The summed E-state index contributed by atoms with van der Waals surface area (Å²) in [7, 11) is 0. The van der Waals surface area contributed by atoms with Gasteiger partial charge in [-0.25, -0.2) is 0 Å². The molecule has 0 spiro atoms. The summed E-state index contributed by atoms with van der Waals surface area (Å²) in [5.74, 6) is 0. The predicted octanol–water partition coefficient (Wildman–Crippen LogP) is 3.72. The number of nitrogens with zero attached hydrogens (tertiary/aromatic N) is 1. The molecule has 0 aliphatic carbocycles. The molecule has 0 radical (unpaired) electrons. The third kappa shape index (κ3) is 2.53. The smallest absolute Gasteiger partial charge is 0.0552 e. The lowest BCUT2D eigenvalue weighted by atomic mass is 10.1. The average Bonchev–Trinajstić information content (AvgIpc) is 2.80. The van der Waals surface area contributed by atoms with Crippen molar-refractivity contribution in [1.82, 2.24) is 0 Å². The van der Waals surface area contributed by atoms with Crippen molar-refractivity contribution in [3.8, 4) is 0 Å². The Kier molecular flexibility index (Phi) is 3.58. The first-order valence-corrected chi connectivity index (χ1v) is 7.81. The van der Waals surface area contributed by atoms with Crippen molar-refractivity contribution in [3.05, 3.63) is 46.2 Å². The number of hydrogen-bond donors (Lipinski definition) is 1. The highest BCUT2D eigenvalue weighted by Crippen LogP contribution is 2.38. The number of aryl methyl sites for hydroxylation is 2. The van der Waals surface area contributed by atoms with Crippen LogP contribution in [-0.2, 0) is 12.8 Å². The van der Waals surface area contributed by atoms with Crippen molar-refractivity contribution in [2.24, 2.45) is 5.73 Å². The van der Waals surface area contributed by atoms with E-state index < -0.39 is 0 Å². The Morgan fingerprint density at radius 1 is 1.21 bits per heavy atom. The van der Waals surface area contributed by atoms with Crippen LogP contribution < -0.4 is 10.6 Å². The van der Waals surface area contributed by atoms with Gasteiger partial charge >= 0.3 is 0 Å². The molecule has 3 rings (SSSR count). The number of fused-ring (bicyclic) bond motifs is 2. The highest BCUT2D eigenvalue weighted by Gasteiger charge is 2.21. The molecule has 2 heterocycles. The summed E-state index contributed by atoms with van der Waals surface area (Å²) in [6.07, 6.45) is 3.31. The maximum atomic E-state index is 5.94. The number of rotatable bonds is 3. The Hall–Kier alpha value is -1.32. The molecule has 1 aromatic carbocycles. The van der Waals surface area contributed by atoms with Crippen molar-refractivity contribution >= 4 is 22.7 Å². The Labute approximate surface area is 118 Å². The largest absolute Gasteiger partial charge is 0.340 e. The van der Waals surface area contributed by atoms with Crippen molar-refractivity contribution in [2.45, 2.75) is 32.2 Å². The standard InChI is InChI=1S/C16H20N2S/c1-12(17)8-10-18-14-5-3-2-4-13(14)6-7-16-15(18)9-11-19-16/h2-5,9,11-12H,6-8,10,17H2,1H3.